The van der Waals surface area contributed by atoms with Crippen LogP contribution in [-0.2, 0) is 14.4 Å². The first-order chi connectivity index (χ1) is 17.5. The summed E-state index contributed by atoms with van der Waals surface area (Å²) in [5, 5.41) is 0. The quantitative estimate of drug-likeness (QED) is 0.273. The third-order valence-electron chi connectivity index (χ3n) is 6.51. The zero-order valence-electron chi connectivity index (χ0n) is 17.3. The van der Waals surface area contributed by atoms with Crippen LogP contribution in [0.3, 0.4) is 0 Å². The summed E-state index contributed by atoms with van der Waals surface area (Å²) in [6.45, 7) is 0. The molecule has 3 nitrogen and oxygen atoms in total. The van der Waals surface area contributed by atoms with Crippen LogP contribution in [0.4, 0.5) is 106 Å². The van der Waals surface area contributed by atoms with Crippen LogP contribution in [0.15, 0.2) is 0 Å². The van der Waals surface area contributed by atoms with Crippen molar-refractivity contribution in [3.63, 3.8) is 0 Å². The Balaban J connectivity index is 2.42. The zero-order valence-corrected chi connectivity index (χ0v) is 17.3. The molecule has 0 amide bonds. The van der Waals surface area contributed by atoms with Gasteiger partial charge in [0.25, 0.3) is 0 Å². The van der Waals surface area contributed by atoms with Crippen molar-refractivity contribution >= 4 is 0 Å². The van der Waals surface area contributed by atoms with Crippen molar-refractivity contribution in [2.45, 2.75) is 82.6 Å². The molecular formula is C14F24O3. The van der Waals surface area contributed by atoms with Crippen molar-refractivity contribution in [1.82, 2.24) is 0 Å². The fourth-order valence-electron chi connectivity index (χ4n) is 4.51. The monoisotopic (exact) mass is 672 g/mol. The number of halogens is 24. The second-order valence-electron chi connectivity index (χ2n) is 8.45. The van der Waals surface area contributed by atoms with Crippen LogP contribution in [-0.4, -0.2) is 82.6 Å². The Morgan fingerprint density at radius 2 is 0.585 bits per heavy atom. The maximum atomic E-state index is 15.2. The Morgan fingerprint density at radius 3 is 0.854 bits per heavy atom. The van der Waals surface area contributed by atoms with Gasteiger partial charge in [0.15, 0.2) is 0 Å². The number of hydrogen-bond acceptors (Lipinski definition) is 3. The van der Waals surface area contributed by atoms with E-state index in [0.29, 0.717) is 0 Å². The molecule has 0 heterocycles. The van der Waals surface area contributed by atoms with Crippen molar-refractivity contribution in [3.8, 4) is 0 Å². The molecule has 0 aromatic rings. The Labute approximate surface area is 204 Å². The molecule has 4 saturated carbocycles. The SMILES string of the molecule is FOC(F)(F)C(F)(F)OC(F)(F)C(F)(F)OC1(F)C2(F)C(F)(F)C3(F)C(F)(F)C(F)(C2(F)F)C(F)(F)C1(F)C3(F)F. The van der Waals surface area contributed by atoms with E-state index in [-0.39, 0.29) is 0 Å². The van der Waals surface area contributed by atoms with Gasteiger partial charge in [0.2, 0.25) is 0 Å². The highest BCUT2D eigenvalue weighted by molar-refractivity contribution is 5.54. The molecule has 242 valence electrons. The lowest BCUT2D eigenvalue weighted by molar-refractivity contribution is -0.637. The Bertz CT molecular complexity index is 1040. The molecule has 4 fully saturated rings. The molecule has 0 spiro atoms. The average Bonchev–Trinajstić information content (AvgIpc) is 2.76. The summed E-state index contributed by atoms with van der Waals surface area (Å²) >= 11 is 0. The van der Waals surface area contributed by atoms with E-state index in [1.165, 1.54) is 9.47 Å². The molecule has 4 rings (SSSR count). The fraction of sp³-hybridized carbons (Fsp3) is 1.00. The van der Waals surface area contributed by atoms with E-state index < -0.39 is 82.6 Å². The highest BCUT2D eigenvalue weighted by Gasteiger charge is 3.23. The molecule has 0 N–H and O–H groups in total. The molecule has 4 bridgehead atoms. The van der Waals surface area contributed by atoms with Crippen molar-refractivity contribution < 1.29 is 120 Å². The lowest BCUT2D eigenvalue weighted by atomic mass is 9.40. The second kappa shape index (κ2) is 7.28. The average molecular weight is 672 g/mol. The minimum atomic E-state index is -8.87. The van der Waals surface area contributed by atoms with Gasteiger partial charge >= 0.3 is 82.6 Å². The fourth-order valence-corrected chi connectivity index (χ4v) is 4.51. The smallest absolute Gasteiger partial charge is 0.269 e. The molecule has 4 aliphatic carbocycles. The third kappa shape index (κ3) is 2.58. The van der Waals surface area contributed by atoms with Gasteiger partial charge in [0.05, 0.1) is 0 Å². The van der Waals surface area contributed by atoms with Crippen LogP contribution >= 0.6 is 0 Å². The minimum Gasteiger partial charge on any atom is -0.269 e. The summed E-state index contributed by atoms with van der Waals surface area (Å²) in [6.07, 6.45) is -31.5. The predicted molar refractivity (Wildman–Crippen MR) is 68.1 cm³/mol. The Morgan fingerprint density at radius 1 is 0.341 bits per heavy atom. The van der Waals surface area contributed by atoms with Gasteiger partial charge in [-0.1, -0.05) is 0 Å². The number of ether oxygens (including phenoxy) is 2. The van der Waals surface area contributed by atoms with E-state index in [0.717, 1.165) is 4.94 Å². The standard InChI is InChI=1S/C14F24O3/c15-1-5(19,20)2(16)8(25,26)3(17,6(1,21)22)10(29,4(18,7(1,23)24)9(2,27)28)39-11(30,31)12(32,33)40-13(34,35)14(36,37)41-38. The van der Waals surface area contributed by atoms with E-state index in [4.69, 9.17) is 0 Å². The maximum absolute atomic E-state index is 15.2. The van der Waals surface area contributed by atoms with Crippen molar-refractivity contribution in [2.24, 2.45) is 0 Å². The molecule has 0 unspecified atom stereocenters. The molecule has 0 saturated heterocycles. The van der Waals surface area contributed by atoms with Gasteiger partial charge in [-0.15, -0.1) is 4.94 Å². The first-order valence-corrected chi connectivity index (χ1v) is 9.02. The van der Waals surface area contributed by atoms with Crippen LogP contribution in [0.25, 0.3) is 0 Å². The van der Waals surface area contributed by atoms with Gasteiger partial charge in [0, 0.05) is 0 Å². The summed E-state index contributed by atoms with van der Waals surface area (Å²) in [4.78, 5) is 1.02. The highest BCUT2D eigenvalue weighted by Crippen LogP contribution is 2.89. The van der Waals surface area contributed by atoms with E-state index in [1.807, 2.05) is 0 Å². The Kier molecular flexibility index (Phi) is 5.99. The highest BCUT2D eigenvalue weighted by atomic mass is 19.4. The predicted octanol–water partition coefficient (Wildman–Crippen LogP) is 7.01. The lowest BCUT2D eigenvalue weighted by Gasteiger charge is -2.74. The third-order valence-corrected chi connectivity index (χ3v) is 6.51. The molecule has 0 aromatic carbocycles. The van der Waals surface area contributed by atoms with Crippen molar-refractivity contribution in [2.75, 3.05) is 0 Å². The van der Waals surface area contributed by atoms with Crippen LogP contribution in [0, 0.1) is 0 Å². The van der Waals surface area contributed by atoms with E-state index in [1.54, 1.807) is 0 Å². The minimum absolute atomic E-state index is 1.02. The van der Waals surface area contributed by atoms with Crippen LogP contribution in [0.5, 0.6) is 0 Å². The summed E-state index contributed by atoms with van der Waals surface area (Å²) in [5.41, 5.74) is -34.5. The number of hydrogen-bond donors (Lipinski definition) is 0. The normalized spacial score (nSPS) is 42.4. The van der Waals surface area contributed by atoms with E-state index >= 15 is 13.2 Å². The summed E-state index contributed by atoms with van der Waals surface area (Å²) < 4.78 is 337. The largest absolute Gasteiger partial charge is 0.478 e. The molecule has 0 aliphatic heterocycles. The summed E-state index contributed by atoms with van der Waals surface area (Å²) in [5.74, 6) is -52.2. The second-order valence-corrected chi connectivity index (χ2v) is 8.45. The molecule has 0 atom stereocenters. The number of alkyl halides is 23. The van der Waals surface area contributed by atoms with Crippen molar-refractivity contribution in [3.05, 3.63) is 0 Å². The topological polar surface area (TPSA) is 27.7 Å². The van der Waals surface area contributed by atoms with E-state index in [2.05, 4.69) is 0 Å². The zero-order chi connectivity index (χ0) is 33.1. The molecule has 27 heteroatoms. The van der Waals surface area contributed by atoms with Gasteiger partial charge in [-0.25, -0.2) is 26.7 Å². The number of rotatable bonds is 7. The van der Waals surface area contributed by atoms with E-state index in [9.17, 15) is 92.3 Å². The Hall–Kier alpha value is -1.80. The maximum Gasteiger partial charge on any atom is 0.478 e. The first-order valence-electron chi connectivity index (χ1n) is 9.02. The molecular weight excluding hydrogens is 672 g/mol. The molecule has 41 heavy (non-hydrogen) atoms. The van der Waals surface area contributed by atoms with Gasteiger partial charge in [-0.05, 0) is 4.53 Å². The van der Waals surface area contributed by atoms with Gasteiger partial charge < -0.3 is 0 Å². The van der Waals surface area contributed by atoms with Gasteiger partial charge in [-0.3, -0.25) is 4.74 Å². The van der Waals surface area contributed by atoms with Crippen LogP contribution in [0.1, 0.15) is 0 Å². The summed E-state index contributed by atoms with van der Waals surface area (Å²) in [7, 11) is 0. The summed E-state index contributed by atoms with van der Waals surface area (Å²) in [6, 6.07) is 0. The van der Waals surface area contributed by atoms with Gasteiger partial charge in [0.1, 0.15) is 0 Å². The molecule has 0 aromatic heterocycles. The first kappa shape index (κ1) is 33.7. The van der Waals surface area contributed by atoms with Gasteiger partial charge in [-0.2, -0.15) is 79.0 Å². The molecule has 4 aliphatic rings. The van der Waals surface area contributed by atoms with Crippen molar-refractivity contribution in [1.29, 1.82) is 0 Å². The molecule has 0 radical (unpaired) electrons. The van der Waals surface area contributed by atoms with Crippen LogP contribution < -0.4 is 0 Å². The lowest BCUT2D eigenvalue weighted by Crippen LogP contribution is -3.09. The van der Waals surface area contributed by atoms with Crippen LogP contribution in [0.2, 0.25) is 0 Å².